The summed E-state index contributed by atoms with van der Waals surface area (Å²) in [5.74, 6) is 0.392. The zero-order chi connectivity index (χ0) is 13.2. The minimum Gasteiger partial charge on any atom is -0.369 e. The van der Waals surface area contributed by atoms with E-state index in [2.05, 4.69) is 55.7 Å². The van der Waals surface area contributed by atoms with Crippen LogP contribution in [-0.2, 0) is 4.79 Å². The molecule has 0 bridgehead atoms. The SMILES string of the molecule is O=C(NC1CCN(c2ccc(Br)cc2)C1)C1CNC1. The average Bonchev–Trinajstić information content (AvgIpc) is 2.76. The number of rotatable bonds is 3. The summed E-state index contributed by atoms with van der Waals surface area (Å²) in [7, 11) is 0. The molecule has 0 aliphatic carbocycles. The molecule has 1 amide bonds. The molecule has 2 aliphatic rings. The lowest BCUT2D eigenvalue weighted by molar-refractivity contribution is -0.127. The summed E-state index contributed by atoms with van der Waals surface area (Å²) in [6.07, 6.45) is 1.03. The maximum Gasteiger partial charge on any atom is 0.225 e. The molecule has 19 heavy (non-hydrogen) atoms. The molecule has 2 heterocycles. The fraction of sp³-hybridized carbons (Fsp3) is 0.500. The predicted molar refractivity (Wildman–Crippen MR) is 79.3 cm³/mol. The van der Waals surface area contributed by atoms with Crippen molar-refractivity contribution < 1.29 is 4.79 Å². The van der Waals surface area contributed by atoms with Gasteiger partial charge in [0.15, 0.2) is 0 Å². The number of hydrogen-bond acceptors (Lipinski definition) is 3. The van der Waals surface area contributed by atoms with E-state index < -0.39 is 0 Å². The van der Waals surface area contributed by atoms with Crippen molar-refractivity contribution in [1.29, 1.82) is 0 Å². The van der Waals surface area contributed by atoms with Crippen LogP contribution in [0.1, 0.15) is 6.42 Å². The van der Waals surface area contributed by atoms with Gasteiger partial charge < -0.3 is 15.5 Å². The minimum atomic E-state index is 0.182. The zero-order valence-corrected chi connectivity index (χ0v) is 12.3. The quantitative estimate of drug-likeness (QED) is 0.883. The van der Waals surface area contributed by atoms with Gasteiger partial charge in [0.25, 0.3) is 0 Å². The molecule has 0 spiro atoms. The van der Waals surface area contributed by atoms with Gasteiger partial charge in [-0.3, -0.25) is 4.79 Å². The van der Waals surface area contributed by atoms with E-state index in [0.717, 1.165) is 37.1 Å². The molecule has 3 rings (SSSR count). The molecule has 2 N–H and O–H groups in total. The van der Waals surface area contributed by atoms with Gasteiger partial charge in [-0.2, -0.15) is 0 Å². The van der Waals surface area contributed by atoms with Crippen LogP contribution in [0.5, 0.6) is 0 Å². The summed E-state index contributed by atoms with van der Waals surface area (Å²) >= 11 is 3.45. The molecular formula is C14H18BrN3O. The third-order valence-electron chi connectivity index (χ3n) is 3.88. The molecule has 0 radical (unpaired) electrons. The first-order valence-electron chi connectivity index (χ1n) is 6.74. The number of carbonyl (C=O) groups excluding carboxylic acids is 1. The Morgan fingerprint density at radius 2 is 2.05 bits per heavy atom. The summed E-state index contributed by atoms with van der Waals surface area (Å²) in [5, 5.41) is 6.29. The van der Waals surface area contributed by atoms with E-state index in [1.54, 1.807) is 0 Å². The highest BCUT2D eigenvalue weighted by molar-refractivity contribution is 9.10. The Balaban J connectivity index is 1.54. The first-order chi connectivity index (χ1) is 9.22. The Bertz CT molecular complexity index is 458. The van der Waals surface area contributed by atoms with Crippen molar-refractivity contribution in [2.24, 2.45) is 5.92 Å². The van der Waals surface area contributed by atoms with E-state index in [-0.39, 0.29) is 17.9 Å². The number of nitrogens with one attached hydrogen (secondary N) is 2. The summed E-state index contributed by atoms with van der Waals surface area (Å²) in [6.45, 7) is 3.58. The number of hydrogen-bond donors (Lipinski definition) is 2. The second kappa shape index (κ2) is 5.51. The van der Waals surface area contributed by atoms with Crippen molar-refractivity contribution in [3.8, 4) is 0 Å². The average molecular weight is 324 g/mol. The largest absolute Gasteiger partial charge is 0.369 e. The van der Waals surface area contributed by atoms with E-state index in [4.69, 9.17) is 0 Å². The molecule has 2 aliphatic heterocycles. The van der Waals surface area contributed by atoms with Crippen LogP contribution in [0.2, 0.25) is 0 Å². The normalized spacial score (nSPS) is 23.2. The first kappa shape index (κ1) is 12.9. The number of anilines is 1. The molecule has 1 unspecified atom stereocenters. The van der Waals surface area contributed by atoms with Gasteiger partial charge >= 0.3 is 0 Å². The summed E-state index contributed by atoms with van der Waals surface area (Å²) in [4.78, 5) is 14.2. The third kappa shape index (κ3) is 2.92. The lowest BCUT2D eigenvalue weighted by atomic mass is 10.0. The number of carbonyl (C=O) groups is 1. The van der Waals surface area contributed by atoms with Crippen molar-refractivity contribution in [2.75, 3.05) is 31.1 Å². The Morgan fingerprint density at radius 1 is 1.32 bits per heavy atom. The maximum absolute atomic E-state index is 11.9. The number of amides is 1. The zero-order valence-electron chi connectivity index (χ0n) is 10.7. The lowest BCUT2D eigenvalue weighted by Gasteiger charge is -2.27. The maximum atomic E-state index is 11.9. The van der Waals surface area contributed by atoms with Crippen molar-refractivity contribution in [2.45, 2.75) is 12.5 Å². The molecule has 5 heteroatoms. The highest BCUT2D eigenvalue weighted by Crippen LogP contribution is 2.22. The smallest absolute Gasteiger partial charge is 0.225 e. The molecule has 4 nitrogen and oxygen atoms in total. The van der Waals surface area contributed by atoms with E-state index in [9.17, 15) is 4.79 Å². The second-order valence-corrected chi connectivity index (χ2v) is 6.19. The van der Waals surface area contributed by atoms with Crippen LogP contribution in [0.3, 0.4) is 0 Å². The Labute approximate surface area is 121 Å². The van der Waals surface area contributed by atoms with Gasteiger partial charge in [0.1, 0.15) is 0 Å². The number of halogens is 1. The first-order valence-corrected chi connectivity index (χ1v) is 7.53. The fourth-order valence-corrected chi connectivity index (χ4v) is 2.82. The molecule has 102 valence electrons. The number of benzene rings is 1. The van der Waals surface area contributed by atoms with Crippen LogP contribution in [-0.4, -0.2) is 38.1 Å². The van der Waals surface area contributed by atoms with Gasteiger partial charge in [-0.25, -0.2) is 0 Å². The molecule has 0 saturated carbocycles. The summed E-state index contributed by atoms with van der Waals surface area (Å²) in [6, 6.07) is 8.63. The van der Waals surface area contributed by atoms with Crippen molar-refractivity contribution in [1.82, 2.24) is 10.6 Å². The van der Waals surface area contributed by atoms with E-state index in [1.165, 1.54) is 5.69 Å². The molecule has 2 fully saturated rings. The predicted octanol–water partition coefficient (Wildman–Crippen LogP) is 1.36. The van der Waals surface area contributed by atoms with Crippen LogP contribution in [0.25, 0.3) is 0 Å². The van der Waals surface area contributed by atoms with E-state index in [1.807, 2.05) is 0 Å². The monoisotopic (exact) mass is 323 g/mol. The van der Waals surface area contributed by atoms with Crippen molar-refractivity contribution in [3.63, 3.8) is 0 Å². The van der Waals surface area contributed by atoms with Crippen LogP contribution < -0.4 is 15.5 Å². The Hall–Kier alpha value is -1.07. The van der Waals surface area contributed by atoms with Crippen LogP contribution in [0.4, 0.5) is 5.69 Å². The number of nitrogens with zero attached hydrogens (tertiary/aromatic N) is 1. The van der Waals surface area contributed by atoms with E-state index in [0.29, 0.717) is 0 Å². The summed E-state index contributed by atoms with van der Waals surface area (Å²) in [5.41, 5.74) is 1.23. The standard InChI is InChI=1S/C14H18BrN3O/c15-11-1-3-13(4-2-11)18-6-5-12(9-18)17-14(19)10-7-16-8-10/h1-4,10,12,16H,5-9H2,(H,17,19). The van der Waals surface area contributed by atoms with Gasteiger partial charge in [0, 0.05) is 42.4 Å². The second-order valence-electron chi connectivity index (χ2n) is 5.27. The van der Waals surface area contributed by atoms with Gasteiger partial charge in [-0.15, -0.1) is 0 Å². The lowest BCUT2D eigenvalue weighted by Crippen LogP contribution is -2.53. The molecule has 1 aromatic rings. The van der Waals surface area contributed by atoms with Crippen LogP contribution in [0.15, 0.2) is 28.7 Å². The van der Waals surface area contributed by atoms with Gasteiger partial charge in [-0.05, 0) is 30.7 Å². The molecular weight excluding hydrogens is 306 g/mol. The molecule has 2 saturated heterocycles. The van der Waals surface area contributed by atoms with Gasteiger partial charge in [0.05, 0.1) is 5.92 Å². The van der Waals surface area contributed by atoms with Crippen molar-refractivity contribution >= 4 is 27.5 Å². The van der Waals surface area contributed by atoms with Crippen LogP contribution in [0, 0.1) is 5.92 Å². The Morgan fingerprint density at radius 3 is 2.68 bits per heavy atom. The van der Waals surface area contributed by atoms with Crippen molar-refractivity contribution in [3.05, 3.63) is 28.7 Å². The van der Waals surface area contributed by atoms with Gasteiger partial charge in [0.2, 0.25) is 5.91 Å². The minimum absolute atomic E-state index is 0.182. The summed E-state index contributed by atoms with van der Waals surface area (Å²) < 4.78 is 1.10. The van der Waals surface area contributed by atoms with Gasteiger partial charge in [-0.1, -0.05) is 15.9 Å². The molecule has 1 aromatic carbocycles. The Kier molecular flexibility index (Phi) is 3.75. The topological polar surface area (TPSA) is 44.4 Å². The highest BCUT2D eigenvalue weighted by atomic mass is 79.9. The molecule has 1 atom stereocenters. The fourth-order valence-electron chi connectivity index (χ4n) is 2.56. The highest BCUT2D eigenvalue weighted by Gasteiger charge is 2.29. The molecule has 0 aromatic heterocycles. The van der Waals surface area contributed by atoms with Crippen LogP contribution >= 0.6 is 15.9 Å². The van der Waals surface area contributed by atoms with E-state index >= 15 is 0 Å². The third-order valence-corrected chi connectivity index (χ3v) is 4.41.